The molecule has 1 fully saturated rings. The molecule has 2 aromatic rings. The van der Waals surface area contributed by atoms with Gasteiger partial charge in [-0.25, -0.2) is 0 Å². The van der Waals surface area contributed by atoms with Gasteiger partial charge in [0.2, 0.25) is 0 Å². The van der Waals surface area contributed by atoms with Crippen LogP contribution in [0, 0.1) is 5.92 Å². The van der Waals surface area contributed by atoms with Crippen LogP contribution in [0.3, 0.4) is 0 Å². The molecule has 19 heavy (non-hydrogen) atoms. The summed E-state index contributed by atoms with van der Waals surface area (Å²) in [5, 5.41) is 3.94. The Balaban J connectivity index is 1.82. The molecule has 0 atom stereocenters. The molecule has 0 radical (unpaired) electrons. The average Bonchev–Trinajstić information content (AvgIpc) is 2.42. The molecule has 100 valence electrons. The highest BCUT2D eigenvalue weighted by molar-refractivity contribution is 8.00. The van der Waals surface area contributed by atoms with Crippen molar-refractivity contribution in [3.8, 4) is 0 Å². The third kappa shape index (κ3) is 3.06. The minimum atomic E-state index is 0.730. The van der Waals surface area contributed by atoms with Gasteiger partial charge in [-0.2, -0.15) is 0 Å². The first-order valence-electron chi connectivity index (χ1n) is 6.92. The maximum atomic E-state index is 6.40. The second-order valence-electron chi connectivity index (χ2n) is 5.51. The third-order valence-electron chi connectivity index (χ3n) is 3.95. The Morgan fingerprint density at radius 3 is 2.74 bits per heavy atom. The molecule has 0 aliphatic heterocycles. The van der Waals surface area contributed by atoms with Gasteiger partial charge in [-0.1, -0.05) is 18.5 Å². The number of halogens is 1. The Labute approximate surface area is 123 Å². The van der Waals surface area contributed by atoms with Crippen LogP contribution in [0.15, 0.2) is 35.5 Å². The second kappa shape index (κ2) is 5.72. The summed E-state index contributed by atoms with van der Waals surface area (Å²) in [4.78, 5) is 5.36. The smallest absolute Gasteiger partial charge is 0.0548 e. The number of aromatic nitrogens is 1. The largest absolute Gasteiger partial charge is 0.264 e. The molecule has 3 heteroatoms. The quantitative estimate of drug-likeness (QED) is 0.718. The molecule has 0 amide bonds. The van der Waals surface area contributed by atoms with Crippen molar-refractivity contribution in [2.75, 3.05) is 0 Å². The fraction of sp³-hybridized carbons (Fsp3) is 0.438. The van der Waals surface area contributed by atoms with Gasteiger partial charge in [0.15, 0.2) is 0 Å². The molecule has 1 heterocycles. The van der Waals surface area contributed by atoms with Crippen molar-refractivity contribution in [3.63, 3.8) is 0 Å². The molecular weight excluding hydrogens is 274 g/mol. The summed E-state index contributed by atoms with van der Waals surface area (Å²) in [5.41, 5.74) is 0. The van der Waals surface area contributed by atoms with Gasteiger partial charge in [0, 0.05) is 27.9 Å². The lowest BCUT2D eigenvalue weighted by Crippen LogP contribution is -2.13. The Kier molecular flexibility index (Phi) is 3.99. The molecule has 0 saturated heterocycles. The lowest BCUT2D eigenvalue weighted by molar-refractivity contribution is 0.393. The van der Waals surface area contributed by atoms with E-state index in [2.05, 4.69) is 24.0 Å². The molecule has 1 aromatic carbocycles. The second-order valence-corrected chi connectivity index (χ2v) is 7.25. The Bertz CT molecular complexity index is 576. The summed E-state index contributed by atoms with van der Waals surface area (Å²) >= 11 is 8.36. The minimum absolute atomic E-state index is 0.730. The fourth-order valence-corrected chi connectivity index (χ4v) is 4.24. The van der Waals surface area contributed by atoms with Crippen molar-refractivity contribution >= 4 is 34.1 Å². The predicted molar refractivity (Wildman–Crippen MR) is 84.0 cm³/mol. The van der Waals surface area contributed by atoms with Crippen LogP contribution in [0.25, 0.3) is 10.8 Å². The lowest BCUT2D eigenvalue weighted by Gasteiger charge is -2.26. The minimum Gasteiger partial charge on any atom is -0.264 e. The lowest BCUT2D eigenvalue weighted by atomic mass is 9.91. The van der Waals surface area contributed by atoms with Crippen LogP contribution in [-0.4, -0.2) is 10.2 Å². The summed E-state index contributed by atoms with van der Waals surface area (Å²) in [6.45, 7) is 2.36. The fourth-order valence-electron chi connectivity index (χ4n) is 2.70. The molecule has 0 unspecified atom stereocenters. The van der Waals surface area contributed by atoms with Crippen molar-refractivity contribution in [2.24, 2.45) is 5.92 Å². The Morgan fingerprint density at radius 1 is 1.16 bits per heavy atom. The van der Waals surface area contributed by atoms with E-state index in [9.17, 15) is 0 Å². The van der Waals surface area contributed by atoms with E-state index >= 15 is 0 Å². The number of pyridine rings is 1. The van der Waals surface area contributed by atoms with Gasteiger partial charge in [0.1, 0.15) is 0 Å². The van der Waals surface area contributed by atoms with Gasteiger partial charge in [0.05, 0.1) is 5.02 Å². The predicted octanol–water partition coefficient (Wildman–Crippen LogP) is 5.56. The van der Waals surface area contributed by atoms with Crippen molar-refractivity contribution in [1.29, 1.82) is 0 Å². The van der Waals surface area contributed by atoms with E-state index in [0.29, 0.717) is 0 Å². The summed E-state index contributed by atoms with van der Waals surface area (Å²) < 4.78 is 0. The van der Waals surface area contributed by atoms with Crippen molar-refractivity contribution in [1.82, 2.24) is 4.98 Å². The van der Waals surface area contributed by atoms with Crippen LogP contribution in [0.1, 0.15) is 32.6 Å². The van der Waals surface area contributed by atoms with E-state index in [0.717, 1.165) is 21.6 Å². The van der Waals surface area contributed by atoms with Crippen LogP contribution >= 0.6 is 23.4 Å². The van der Waals surface area contributed by atoms with Crippen molar-refractivity contribution in [3.05, 3.63) is 35.6 Å². The summed E-state index contributed by atoms with van der Waals surface area (Å²) in [7, 11) is 0. The van der Waals surface area contributed by atoms with Crippen LogP contribution in [0.2, 0.25) is 5.02 Å². The highest BCUT2D eigenvalue weighted by Crippen LogP contribution is 2.39. The number of thioether (sulfide) groups is 1. The summed E-state index contributed by atoms with van der Waals surface area (Å²) in [6, 6.07) is 6.30. The van der Waals surface area contributed by atoms with Crippen LogP contribution in [0.5, 0.6) is 0 Å². The maximum absolute atomic E-state index is 6.40. The van der Waals surface area contributed by atoms with E-state index in [4.69, 9.17) is 11.6 Å². The summed E-state index contributed by atoms with van der Waals surface area (Å²) in [5.74, 6) is 0.898. The van der Waals surface area contributed by atoms with Gasteiger partial charge >= 0.3 is 0 Å². The van der Waals surface area contributed by atoms with Gasteiger partial charge in [-0.05, 0) is 55.2 Å². The van der Waals surface area contributed by atoms with Gasteiger partial charge in [0.25, 0.3) is 0 Å². The number of nitrogens with zero attached hydrogens (tertiary/aromatic N) is 1. The van der Waals surface area contributed by atoms with Gasteiger partial charge in [-0.3, -0.25) is 4.98 Å². The monoisotopic (exact) mass is 291 g/mol. The SMILES string of the molecule is CC1CCC(Sc2cc3ccncc3cc2Cl)CC1. The van der Waals surface area contributed by atoms with Crippen molar-refractivity contribution < 1.29 is 0 Å². The van der Waals surface area contributed by atoms with E-state index < -0.39 is 0 Å². The van der Waals surface area contributed by atoms with E-state index in [-0.39, 0.29) is 0 Å². The Morgan fingerprint density at radius 2 is 1.95 bits per heavy atom. The topological polar surface area (TPSA) is 12.9 Å². The third-order valence-corrected chi connectivity index (χ3v) is 5.77. The maximum Gasteiger partial charge on any atom is 0.0548 e. The zero-order chi connectivity index (χ0) is 13.2. The number of hydrogen-bond acceptors (Lipinski definition) is 2. The zero-order valence-electron chi connectivity index (χ0n) is 11.1. The molecule has 1 aromatic heterocycles. The first-order chi connectivity index (χ1) is 9.22. The van der Waals surface area contributed by atoms with E-state index in [1.807, 2.05) is 30.2 Å². The molecule has 0 N–H and O–H groups in total. The molecular formula is C16H18ClNS. The summed E-state index contributed by atoms with van der Waals surface area (Å²) in [6.07, 6.45) is 9.05. The standard InChI is InChI=1S/C16H18ClNS/c1-11-2-4-14(5-3-11)19-16-9-12-6-7-18-10-13(12)8-15(16)17/h6-11,14H,2-5H2,1H3. The van der Waals surface area contributed by atoms with Crippen LogP contribution < -0.4 is 0 Å². The molecule has 3 rings (SSSR count). The number of fused-ring (bicyclic) bond motifs is 1. The first kappa shape index (κ1) is 13.3. The first-order valence-corrected chi connectivity index (χ1v) is 8.18. The highest BCUT2D eigenvalue weighted by Gasteiger charge is 2.20. The number of rotatable bonds is 2. The van der Waals surface area contributed by atoms with Crippen molar-refractivity contribution in [2.45, 2.75) is 42.8 Å². The van der Waals surface area contributed by atoms with Crippen LogP contribution in [-0.2, 0) is 0 Å². The molecule has 0 spiro atoms. The normalized spacial score (nSPS) is 23.7. The highest BCUT2D eigenvalue weighted by atomic mass is 35.5. The average molecular weight is 292 g/mol. The molecule has 1 aliphatic rings. The number of hydrogen-bond donors (Lipinski definition) is 0. The van der Waals surface area contributed by atoms with Gasteiger partial charge < -0.3 is 0 Å². The van der Waals surface area contributed by atoms with E-state index in [1.165, 1.54) is 36.0 Å². The molecule has 1 saturated carbocycles. The molecule has 1 aliphatic carbocycles. The number of benzene rings is 1. The zero-order valence-corrected chi connectivity index (χ0v) is 12.7. The Hall–Kier alpha value is -0.730. The molecule has 0 bridgehead atoms. The van der Waals surface area contributed by atoms with Gasteiger partial charge in [-0.15, -0.1) is 11.8 Å². The molecule has 1 nitrogen and oxygen atoms in total. The van der Waals surface area contributed by atoms with Crippen LogP contribution in [0.4, 0.5) is 0 Å². The van der Waals surface area contributed by atoms with E-state index in [1.54, 1.807) is 0 Å².